The van der Waals surface area contributed by atoms with Crippen LogP contribution in [0.4, 0.5) is 5.69 Å². The third-order valence-electron chi connectivity index (χ3n) is 8.51. The van der Waals surface area contributed by atoms with Gasteiger partial charge in [0.15, 0.2) is 0 Å². The summed E-state index contributed by atoms with van der Waals surface area (Å²) in [6, 6.07) is 17.1. The van der Waals surface area contributed by atoms with Crippen molar-refractivity contribution in [2.45, 2.75) is 70.5 Å². The molecule has 1 unspecified atom stereocenters. The van der Waals surface area contributed by atoms with Gasteiger partial charge in [0, 0.05) is 30.7 Å². The minimum Gasteiger partial charge on any atom is -0.299 e. The number of likely N-dealkylation sites (tertiary alicyclic amines) is 1. The van der Waals surface area contributed by atoms with Gasteiger partial charge in [0.25, 0.3) is 5.91 Å². The van der Waals surface area contributed by atoms with E-state index in [4.69, 9.17) is 11.6 Å². The number of rotatable bonds is 7. The molecular formula is C32H36ClN3O4S. The molecule has 0 N–H and O–H groups in total. The quantitative estimate of drug-likeness (QED) is 0.335. The summed E-state index contributed by atoms with van der Waals surface area (Å²) in [5, 5.41) is 0.483. The van der Waals surface area contributed by atoms with Crippen molar-refractivity contribution in [1.82, 2.24) is 9.21 Å². The van der Waals surface area contributed by atoms with Crippen LogP contribution in [-0.4, -0.2) is 54.6 Å². The first kappa shape index (κ1) is 29.5. The summed E-state index contributed by atoms with van der Waals surface area (Å²) in [7, 11) is -4.14. The van der Waals surface area contributed by atoms with Gasteiger partial charge in [-0.3, -0.25) is 14.5 Å². The van der Waals surface area contributed by atoms with E-state index >= 15 is 0 Å². The zero-order valence-corrected chi connectivity index (χ0v) is 25.5. The topological polar surface area (TPSA) is 78.0 Å². The maximum atomic E-state index is 14.7. The maximum absolute atomic E-state index is 14.7. The molecular weight excluding hydrogens is 558 g/mol. The lowest BCUT2D eigenvalue weighted by molar-refractivity contribution is -0.122. The zero-order valence-electron chi connectivity index (χ0n) is 23.9. The van der Waals surface area contributed by atoms with E-state index in [1.54, 1.807) is 24.3 Å². The minimum absolute atomic E-state index is 0.201. The summed E-state index contributed by atoms with van der Waals surface area (Å²) in [5.74, 6) is -0.940. The van der Waals surface area contributed by atoms with E-state index in [9.17, 15) is 18.0 Å². The molecule has 3 aromatic rings. The van der Waals surface area contributed by atoms with Gasteiger partial charge in [0.1, 0.15) is 6.04 Å². The molecule has 5 rings (SSSR count). The first-order valence-corrected chi connectivity index (χ1v) is 15.8. The molecule has 2 aliphatic heterocycles. The van der Waals surface area contributed by atoms with Gasteiger partial charge in [-0.25, -0.2) is 13.3 Å². The van der Waals surface area contributed by atoms with Crippen molar-refractivity contribution < 1.29 is 18.0 Å². The van der Waals surface area contributed by atoms with Crippen molar-refractivity contribution in [2.24, 2.45) is 0 Å². The van der Waals surface area contributed by atoms with Crippen LogP contribution < -0.4 is 4.90 Å². The first-order valence-electron chi connectivity index (χ1n) is 14.0. The van der Waals surface area contributed by atoms with Crippen LogP contribution in [0.3, 0.4) is 0 Å². The average Bonchev–Trinajstić information content (AvgIpc) is 3.22. The second-order valence-corrected chi connectivity index (χ2v) is 13.4. The van der Waals surface area contributed by atoms with Gasteiger partial charge in [-0.05, 0) is 92.6 Å². The van der Waals surface area contributed by atoms with E-state index in [1.165, 1.54) is 9.87 Å². The number of anilines is 1. The third-order valence-corrected chi connectivity index (χ3v) is 11.0. The molecule has 0 aromatic heterocycles. The summed E-state index contributed by atoms with van der Waals surface area (Å²) in [5.41, 5.74) is 4.69. The van der Waals surface area contributed by atoms with Gasteiger partial charge in [0.2, 0.25) is 15.9 Å². The number of halogens is 1. The van der Waals surface area contributed by atoms with Crippen molar-refractivity contribution in [3.8, 4) is 0 Å². The summed E-state index contributed by atoms with van der Waals surface area (Å²) in [6.45, 7) is 9.59. The fourth-order valence-corrected chi connectivity index (χ4v) is 8.68. The lowest BCUT2D eigenvalue weighted by Gasteiger charge is -2.40. The Morgan fingerprint density at radius 1 is 0.878 bits per heavy atom. The van der Waals surface area contributed by atoms with Crippen LogP contribution in [0, 0.1) is 27.7 Å². The molecule has 0 bridgehead atoms. The van der Waals surface area contributed by atoms with E-state index in [1.807, 2.05) is 52.0 Å². The Bertz CT molecular complexity index is 1540. The van der Waals surface area contributed by atoms with Gasteiger partial charge in [0.05, 0.1) is 17.0 Å². The fraction of sp³-hybridized carbons (Fsp3) is 0.375. The molecule has 2 amide bonds. The predicted molar refractivity (Wildman–Crippen MR) is 162 cm³/mol. The second-order valence-electron chi connectivity index (χ2n) is 11.2. The number of sulfonamides is 1. The molecule has 0 radical (unpaired) electrons. The fourth-order valence-electron chi connectivity index (χ4n) is 6.14. The zero-order chi connectivity index (χ0) is 29.5. The van der Waals surface area contributed by atoms with E-state index in [2.05, 4.69) is 17.0 Å². The Labute approximate surface area is 247 Å². The van der Waals surface area contributed by atoms with Crippen molar-refractivity contribution >= 4 is 39.1 Å². The molecule has 2 fully saturated rings. The Morgan fingerprint density at radius 3 is 2.05 bits per heavy atom. The molecule has 2 heterocycles. The summed E-state index contributed by atoms with van der Waals surface area (Å²) >= 11 is 6.04. The van der Waals surface area contributed by atoms with E-state index < -0.39 is 33.9 Å². The smallest absolute Gasteiger partial charge is 0.252 e. The normalized spacial score (nSPS) is 19.0. The minimum atomic E-state index is -4.14. The van der Waals surface area contributed by atoms with Crippen LogP contribution in [0.5, 0.6) is 0 Å². The maximum Gasteiger partial charge on any atom is 0.252 e. The molecule has 7 nitrogen and oxygen atoms in total. The molecule has 9 heteroatoms. The lowest BCUT2D eigenvalue weighted by atomic mass is 10.0. The van der Waals surface area contributed by atoms with Crippen LogP contribution >= 0.6 is 11.6 Å². The van der Waals surface area contributed by atoms with Crippen molar-refractivity contribution in [1.29, 1.82) is 0 Å². The lowest BCUT2D eigenvalue weighted by Crippen LogP contribution is -2.54. The number of benzene rings is 3. The Kier molecular flexibility index (Phi) is 8.39. The number of carbonyl (C=O) groups is 2. The number of amides is 2. The molecule has 216 valence electrons. The molecule has 0 spiro atoms. The number of carbonyl (C=O) groups excluding carboxylic acids is 2. The van der Waals surface area contributed by atoms with Crippen molar-refractivity contribution in [3.63, 3.8) is 0 Å². The summed E-state index contributed by atoms with van der Waals surface area (Å²) < 4.78 is 30.8. The Morgan fingerprint density at radius 2 is 1.46 bits per heavy atom. The third kappa shape index (κ3) is 5.71. The molecule has 2 saturated heterocycles. The van der Waals surface area contributed by atoms with Crippen LogP contribution in [0.15, 0.2) is 65.6 Å². The molecule has 0 saturated carbocycles. The van der Waals surface area contributed by atoms with Crippen LogP contribution in [-0.2, 0) is 26.2 Å². The van der Waals surface area contributed by atoms with Crippen molar-refractivity contribution in [2.75, 3.05) is 18.0 Å². The standard InChI is InChI=1S/C32H36ClN3O4S/c1-21-18-22(2)24(4)31(23(21)3)41(39,40)36(28-14-16-34(17-15-28)20-25-8-6-5-7-9-25)29-19-30(37)35(32(29)38)27-12-10-26(33)11-13-27/h5-13,18,28-29H,14-17,19-20H2,1-4H3. The number of piperidine rings is 1. The van der Waals surface area contributed by atoms with Gasteiger partial charge in [-0.2, -0.15) is 4.31 Å². The summed E-state index contributed by atoms with van der Waals surface area (Å²) in [4.78, 5) is 30.9. The largest absolute Gasteiger partial charge is 0.299 e. The van der Waals surface area contributed by atoms with Gasteiger partial charge < -0.3 is 0 Å². The monoisotopic (exact) mass is 593 g/mol. The van der Waals surface area contributed by atoms with E-state index in [0.29, 0.717) is 47.8 Å². The van der Waals surface area contributed by atoms with Crippen LogP contribution in [0.1, 0.15) is 47.1 Å². The number of aryl methyl sites for hydroxylation is 2. The Hall–Kier alpha value is -3.04. The van der Waals surface area contributed by atoms with Gasteiger partial charge >= 0.3 is 0 Å². The average molecular weight is 594 g/mol. The van der Waals surface area contributed by atoms with E-state index in [-0.39, 0.29) is 11.3 Å². The number of hydrogen-bond acceptors (Lipinski definition) is 5. The van der Waals surface area contributed by atoms with Crippen molar-refractivity contribution in [3.05, 3.63) is 93.5 Å². The molecule has 3 aromatic carbocycles. The van der Waals surface area contributed by atoms with Gasteiger partial charge in [-0.15, -0.1) is 0 Å². The van der Waals surface area contributed by atoms with Gasteiger partial charge in [-0.1, -0.05) is 48.0 Å². The Balaban J connectivity index is 1.52. The molecule has 1 atom stereocenters. The predicted octanol–water partition coefficient (Wildman–Crippen LogP) is 5.56. The molecule has 2 aliphatic rings. The highest BCUT2D eigenvalue weighted by Crippen LogP contribution is 2.37. The van der Waals surface area contributed by atoms with Crippen LogP contribution in [0.2, 0.25) is 5.02 Å². The van der Waals surface area contributed by atoms with Crippen LogP contribution in [0.25, 0.3) is 0 Å². The highest BCUT2D eigenvalue weighted by Gasteiger charge is 2.50. The first-order chi connectivity index (χ1) is 19.5. The number of imide groups is 1. The van der Waals surface area contributed by atoms with E-state index in [0.717, 1.165) is 22.6 Å². The second kappa shape index (κ2) is 11.7. The summed E-state index contributed by atoms with van der Waals surface area (Å²) in [6.07, 6.45) is 0.926. The number of hydrogen-bond donors (Lipinski definition) is 0. The highest BCUT2D eigenvalue weighted by atomic mass is 35.5. The molecule has 41 heavy (non-hydrogen) atoms. The molecule has 0 aliphatic carbocycles. The number of nitrogens with zero attached hydrogens (tertiary/aromatic N) is 3. The SMILES string of the molecule is Cc1cc(C)c(C)c(S(=O)(=O)N(C2CCN(Cc3ccccc3)CC2)C2CC(=O)N(c3ccc(Cl)cc3)C2=O)c1C. The highest BCUT2D eigenvalue weighted by molar-refractivity contribution is 7.89.